The highest BCUT2D eigenvalue weighted by Crippen LogP contribution is 2.26. The molecule has 2 aromatic rings. The fourth-order valence-corrected chi connectivity index (χ4v) is 2.25. The number of hydrogen-bond donors (Lipinski definition) is 1. The topological polar surface area (TPSA) is 37.8 Å². The molecule has 0 bridgehead atoms. The standard InChI is InChI=1S/C12H16N2O/c1-6-7(2)9(4)11-10(8(6)3)12(15)13-14(11)5/h1-5H3,(H,13,15). The van der Waals surface area contributed by atoms with E-state index >= 15 is 0 Å². The minimum atomic E-state index is 0.0104. The summed E-state index contributed by atoms with van der Waals surface area (Å²) in [5.74, 6) is 0. The van der Waals surface area contributed by atoms with Gasteiger partial charge in [-0.1, -0.05) is 0 Å². The van der Waals surface area contributed by atoms with Crippen molar-refractivity contribution >= 4 is 10.9 Å². The van der Waals surface area contributed by atoms with Gasteiger partial charge in [0.1, 0.15) is 0 Å². The zero-order valence-corrected chi connectivity index (χ0v) is 9.86. The van der Waals surface area contributed by atoms with Crippen LogP contribution in [0, 0.1) is 27.7 Å². The summed E-state index contributed by atoms with van der Waals surface area (Å²) in [5.41, 5.74) is 5.81. The molecule has 0 atom stereocenters. The van der Waals surface area contributed by atoms with Gasteiger partial charge in [0.05, 0.1) is 10.9 Å². The summed E-state index contributed by atoms with van der Waals surface area (Å²) < 4.78 is 1.81. The molecule has 0 aliphatic carbocycles. The van der Waals surface area contributed by atoms with Crippen molar-refractivity contribution in [1.29, 1.82) is 0 Å². The molecule has 0 aliphatic heterocycles. The molecular formula is C12H16N2O. The van der Waals surface area contributed by atoms with E-state index < -0.39 is 0 Å². The van der Waals surface area contributed by atoms with E-state index in [2.05, 4.69) is 25.9 Å². The molecule has 0 aliphatic rings. The quantitative estimate of drug-likeness (QED) is 0.701. The molecular weight excluding hydrogens is 188 g/mol. The summed E-state index contributed by atoms with van der Waals surface area (Å²) >= 11 is 0. The Balaban J connectivity index is 3.18. The monoisotopic (exact) mass is 204 g/mol. The minimum absolute atomic E-state index is 0.0104. The molecule has 0 amide bonds. The Labute approximate surface area is 88.7 Å². The number of nitrogens with zero attached hydrogens (tertiary/aromatic N) is 1. The summed E-state index contributed by atoms with van der Waals surface area (Å²) in [7, 11) is 1.88. The van der Waals surface area contributed by atoms with Crippen molar-refractivity contribution in [3.63, 3.8) is 0 Å². The predicted octanol–water partition coefficient (Wildman–Crippen LogP) is 2.10. The largest absolute Gasteiger partial charge is 0.287 e. The van der Waals surface area contributed by atoms with Gasteiger partial charge in [0.25, 0.3) is 5.56 Å². The fraction of sp³-hybridized carbons (Fsp3) is 0.417. The van der Waals surface area contributed by atoms with Crippen LogP contribution in [0.4, 0.5) is 0 Å². The summed E-state index contributed by atoms with van der Waals surface area (Å²) in [6.45, 7) is 8.26. The van der Waals surface area contributed by atoms with Crippen LogP contribution in [0.15, 0.2) is 4.79 Å². The van der Waals surface area contributed by atoms with Gasteiger partial charge >= 0.3 is 0 Å². The van der Waals surface area contributed by atoms with Crippen LogP contribution in [0.25, 0.3) is 10.9 Å². The summed E-state index contributed by atoms with van der Waals surface area (Å²) in [6, 6.07) is 0. The van der Waals surface area contributed by atoms with E-state index in [-0.39, 0.29) is 5.56 Å². The van der Waals surface area contributed by atoms with Crippen LogP contribution < -0.4 is 5.56 Å². The summed E-state index contributed by atoms with van der Waals surface area (Å²) in [6.07, 6.45) is 0. The number of aryl methyl sites for hydroxylation is 3. The van der Waals surface area contributed by atoms with Crippen molar-refractivity contribution in [2.75, 3.05) is 0 Å². The van der Waals surface area contributed by atoms with Crippen molar-refractivity contribution in [1.82, 2.24) is 9.78 Å². The zero-order valence-electron chi connectivity index (χ0n) is 9.86. The third-order valence-electron chi connectivity index (χ3n) is 3.49. The number of H-pyrrole nitrogens is 1. The van der Waals surface area contributed by atoms with Gasteiger partial charge in [0.2, 0.25) is 0 Å². The lowest BCUT2D eigenvalue weighted by Crippen LogP contribution is -2.02. The van der Waals surface area contributed by atoms with E-state index in [0.717, 1.165) is 16.5 Å². The van der Waals surface area contributed by atoms with Gasteiger partial charge in [-0.15, -0.1) is 0 Å². The molecule has 80 valence electrons. The maximum atomic E-state index is 11.8. The van der Waals surface area contributed by atoms with Gasteiger partial charge in [-0.25, -0.2) is 0 Å². The fourth-order valence-electron chi connectivity index (χ4n) is 2.25. The second-order valence-electron chi connectivity index (χ2n) is 4.22. The molecule has 0 spiro atoms. The maximum absolute atomic E-state index is 11.8. The van der Waals surface area contributed by atoms with E-state index in [1.807, 2.05) is 18.7 Å². The van der Waals surface area contributed by atoms with E-state index in [1.165, 1.54) is 16.7 Å². The Kier molecular flexibility index (Phi) is 2.00. The first-order valence-corrected chi connectivity index (χ1v) is 5.10. The highest BCUT2D eigenvalue weighted by Gasteiger charge is 2.14. The Bertz CT molecular complexity index is 602. The van der Waals surface area contributed by atoms with Crippen LogP contribution in [-0.2, 0) is 7.05 Å². The molecule has 0 saturated heterocycles. The predicted molar refractivity (Wildman–Crippen MR) is 62.5 cm³/mol. The number of benzene rings is 1. The third kappa shape index (κ3) is 1.16. The van der Waals surface area contributed by atoms with Crippen LogP contribution in [0.2, 0.25) is 0 Å². The molecule has 1 heterocycles. The van der Waals surface area contributed by atoms with Crippen molar-refractivity contribution in [2.45, 2.75) is 27.7 Å². The molecule has 3 heteroatoms. The SMILES string of the molecule is Cc1c(C)c(C)c2c(c1C)c(=O)[nH]n2C. The van der Waals surface area contributed by atoms with Crippen LogP contribution in [0.3, 0.4) is 0 Å². The van der Waals surface area contributed by atoms with Crippen molar-refractivity contribution < 1.29 is 0 Å². The van der Waals surface area contributed by atoms with E-state index in [4.69, 9.17) is 0 Å². The lowest BCUT2D eigenvalue weighted by Gasteiger charge is -2.10. The summed E-state index contributed by atoms with van der Waals surface area (Å²) in [5, 5.41) is 3.64. The molecule has 0 saturated carbocycles. The van der Waals surface area contributed by atoms with Gasteiger partial charge in [0, 0.05) is 7.05 Å². The first-order chi connectivity index (χ1) is 6.95. The number of fused-ring (bicyclic) bond motifs is 1. The highest BCUT2D eigenvalue weighted by molar-refractivity contribution is 5.87. The normalized spacial score (nSPS) is 11.3. The summed E-state index contributed by atoms with van der Waals surface area (Å²) in [4.78, 5) is 11.8. The van der Waals surface area contributed by atoms with Crippen molar-refractivity contribution in [2.24, 2.45) is 7.05 Å². The van der Waals surface area contributed by atoms with Gasteiger partial charge in [0.15, 0.2) is 0 Å². The lowest BCUT2D eigenvalue weighted by atomic mass is 9.96. The first-order valence-electron chi connectivity index (χ1n) is 5.10. The number of hydrogen-bond acceptors (Lipinski definition) is 1. The second-order valence-corrected chi connectivity index (χ2v) is 4.22. The van der Waals surface area contributed by atoms with Gasteiger partial charge in [-0.2, -0.15) is 0 Å². The van der Waals surface area contributed by atoms with Gasteiger partial charge in [-0.05, 0) is 49.9 Å². The number of aromatic nitrogens is 2. The van der Waals surface area contributed by atoms with Crippen LogP contribution >= 0.6 is 0 Å². The van der Waals surface area contributed by atoms with E-state index in [9.17, 15) is 4.79 Å². The Morgan fingerprint density at radius 1 is 0.933 bits per heavy atom. The van der Waals surface area contributed by atoms with Crippen molar-refractivity contribution in [3.05, 3.63) is 32.6 Å². The molecule has 1 N–H and O–H groups in total. The molecule has 2 rings (SSSR count). The van der Waals surface area contributed by atoms with Gasteiger partial charge < -0.3 is 0 Å². The second kappa shape index (κ2) is 2.99. The van der Waals surface area contributed by atoms with Crippen LogP contribution in [-0.4, -0.2) is 9.78 Å². The smallest absolute Gasteiger partial charge is 0.272 e. The van der Waals surface area contributed by atoms with Crippen molar-refractivity contribution in [3.8, 4) is 0 Å². The molecule has 1 aromatic carbocycles. The molecule has 1 aromatic heterocycles. The van der Waals surface area contributed by atoms with Crippen LogP contribution in [0.1, 0.15) is 22.3 Å². The average molecular weight is 204 g/mol. The Hall–Kier alpha value is -1.51. The number of aromatic amines is 1. The molecule has 0 unspecified atom stereocenters. The van der Waals surface area contributed by atoms with Crippen LogP contribution in [0.5, 0.6) is 0 Å². The lowest BCUT2D eigenvalue weighted by molar-refractivity contribution is 0.781. The Morgan fingerprint density at radius 2 is 1.47 bits per heavy atom. The maximum Gasteiger partial charge on any atom is 0.272 e. The van der Waals surface area contributed by atoms with E-state index in [1.54, 1.807) is 0 Å². The van der Waals surface area contributed by atoms with E-state index in [0.29, 0.717) is 0 Å². The number of rotatable bonds is 0. The third-order valence-corrected chi connectivity index (χ3v) is 3.49. The molecule has 15 heavy (non-hydrogen) atoms. The molecule has 0 radical (unpaired) electrons. The molecule has 0 fully saturated rings. The molecule has 3 nitrogen and oxygen atoms in total. The average Bonchev–Trinajstić information content (AvgIpc) is 2.47. The highest BCUT2D eigenvalue weighted by atomic mass is 16.1. The zero-order chi connectivity index (χ0) is 11.3. The Morgan fingerprint density at radius 3 is 2.07 bits per heavy atom. The first kappa shape index (κ1) is 10.0. The number of nitrogens with one attached hydrogen (secondary N) is 1. The minimum Gasteiger partial charge on any atom is -0.287 e. The van der Waals surface area contributed by atoms with Gasteiger partial charge in [-0.3, -0.25) is 14.6 Å².